The van der Waals surface area contributed by atoms with E-state index in [1.54, 1.807) is 23.5 Å². The average Bonchev–Trinajstić information content (AvgIpc) is 3.10. The van der Waals surface area contributed by atoms with Crippen molar-refractivity contribution in [3.63, 3.8) is 0 Å². The highest BCUT2D eigenvalue weighted by Crippen LogP contribution is 2.43. The maximum absolute atomic E-state index is 13.8. The number of thiazole rings is 1. The van der Waals surface area contributed by atoms with Crippen LogP contribution in [0.15, 0.2) is 29.8 Å². The van der Waals surface area contributed by atoms with Crippen molar-refractivity contribution in [3.05, 3.63) is 51.7 Å². The summed E-state index contributed by atoms with van der Waals surface area (Å²) in [7, 11) is 0. The van der Waals surface area contributed by atoms with Crippen molar-refractivity contribution in [2.75, 3.05) is 13.1 Å². The van der Waals surface area contributed by atoms with Crippen molar-refractivity contribution in [2.45, 2.75) is 57.7 Å². The maximum Gasteiger partial charge on any atom is 0.223 e. The minimum absolute atomic E-state index is 0.177. The van der Waals surface area contributed by atoms with Crippen LogP contribution in [0.4, 0.5) is 4.39 Å². The number of fused-ring (bicyclic) bond motifs is 4. The molecule has 1 amide bonds. The molecule has 0 spiro atoms. The van der Waals surface area contributed by atoms with E-state index >= 15 is 0 Å². The summed E-state index contributed by atoms with van der Waals surface area (Å²) in [4.78, 5) is 23.5. The van der Waals surface area contributed by atoms with Crippen LogP contribution in [0, 0.1) is 24.6 Å². The number of nitrogens with zero attached hydrogens (tertiary/aromatic N) is 3. The molecule has 6 heteroatoms. The Hall–Kier alpha value is -1.79. The third-order valence-electron chi connectivity index (χ3n) is 7.12. The van der Waals surface area contributed by atoms with Gasteiger partial charge in [-0.1, -0.05) is 12.1 Å². The first-order valence-electron chi connectivity index (χ1n) is 10.8. The zero-order chi connectivity index (χ0) is 20.0. The molecule has 1 aromatic heterocycles. The van der Waals surface area contributed by atoms with Gasteiger partial charge < -0.3 is 4.90 Å². The van der Waals surface area contributed by atoms with Crippen LogP contribution < -0.4 is 0 Å². The van der Waals surface area contributed by atoms with E-state index < -0.39 is 0 Å². The summed E-state index contributed by atoms with van der Waals surface area (Å²) in [6, 6.07) is 7.43. The number of benzene rings is 1. The molecule has 2 aromatic rings. The lowest BCUT2D eigenvalue weighted by Crippen LogP contribution is -2.65. The van der Waals surface area contributed by atoms with Gasteiger partial charge in [0.1, 0.15) is 5.82 Å². The fraction of sp³-hybridized carbons (Fsp3) is 0.565. The van der Waals surface area contributed by atoms with Crippen molar-refractivity contribution in [1.82, 2.24) is 14.8 Å². The van der Waals surface area contributed by atoms with Gasteiger partial charge in [0.2, 0.25) is 5.91 Å². The van der Waals surface area contributed by atoms with Gasteiger partial charge in [0.25, 0.3) is 0 Å². The smallest absolute Gasteiger partial charge is 0.223 e. The minimum atomic E-state index is -0.191. The van der Waals surface area contributed by atoms with E-state index in [1.165, 1.54) is 17.4 Å². The topological polar surface area (TPSA) is 36.4 Å². The van der Waals surface area contributed by atoms with Crippen LogP contribution in [0.1, 0.15) is 41.8 Å². The molecule has 4 heterocycles. The summed E-state index contributed by atoms with van der Waals surface area (Å²) >= 11 is 1.74. The molecule has 4 nitrogen and oxygen atoms in total. The third kappa shape index (κ3) is 3.73. The van der Waals surface area contributed by atoms with E-state index in [-0.39, 0.29) is 11.9 Å². The first kappa shape index (κ1) is 19.2. The molecule has 29 heavy (non-hydrogen) atoms. The van der Waals surface area contributed by atoms with Crippen LogP contribution in [-0.2, 0) is 17.8 Å². The molecular weight excluding hydrogens is 385 g/mol. The molecular formula is C23H28FN3OS. The van der Waals surface area contributed by atoms with Gasteiger partial charge in [-0.05, 0) is 62.1 Å². The predicted octanol–water partition coefficient (Wildman–Crippen LogP) is 4.03. The number of aryl methyl sites for hydroxylation is 1. The standard InChI is InChI=1S/C23H28FN3OS/c1-15-22(29-14-25-15)13-26-11-17-10-18(12-26)21(9-16-4-2-5-19(24)8-16)27-20(17)6-3-7-23(27)28/h2,4-5,8,14,17-18,20-21H,3,6-7,9-13H2,1H3/t17-,18+,20+,21+/m1/s1. The predicted molar refractivity (Wildman–Crippen MR) is 112 cm³/mol. The van der Waals surface area contributed by atoms with E-state index in [2.05, 4.69) is 21.7 Å². The first-order chi connectivity index (χ1) is 14.1. The van der Waals surface area contributed by atoms with E-state index in [1.807, 2.05) is 11.6 Å². The van der Waals surface area contributed by atoms with Crippen molar-refractivity contribution in [1.29, 1.82) is 0 Å². The highest BCUT2D eigenvalue weighted by molar-refractivity contribution is 7.09. The van der Waals surface area contributed by atoms with Crippen molar-refractivity contribution < 1.29 is 9.18 Å². The quantitative estimate of drug-likeness (QED) is 0.759. The number of carbonyl (C=O) groups excluding carboxylic acids is 1. The molecule has 5 rings (SSSR count). The number of carbonyl (C=O) groups is 1. The summed E-state index contributed by atoms with van der Waals surface area (Å²) in [5.74, 6) is 1.12. The van der Waals surface area contributed by atoms with Gasteiger partial charge in [0, 0.05) is 43.0 Å². The highest BCUT2D eigenvalue weighted by Gasteiger charge is 2.49. The molecule has 0 unspecified atom stereocenters. The van der Waals surface area contributed by atoms with E-state index in [4.69, 9.17) is 0 Å². The number of halogens is 1. The molecule has 3 saturated heterocycles. The number of aromatic nitrogens is 1. The second kappa shape index (κ2) is 7.80. The van der Waals surface area contributed by atoms with Crippen molar-refractivity contribution in [2.24, 2.45) is 11.8 Å². The van der Waals surface area contributed by atoms with Gasteiger partial charge in [0.05, 0.1) is 11.2 Å². The molecule has 0 radical (unpaired) electrons. The van der Waals surface area contributed by atoms with Gasteiger partial charge in [-0.15, -0.1) is 11.3 Å². The zero-order valence-electron chi connectivity index (χ0n) is 16.9. The second-order valence-corrected chi connectivity index (χ2v) is 9.91. The number of hydrogen-bond acceptors (Lipinski definition) is 4. The maximum atomic E-state index is 13.8. The van der Waals surface area contributed by atoms with Crippen LogP contribution >= 0.6 is 11.3 Å². The Morgan fingerprint density at radius 1 is 1.28 bits per heavy atom. The molecule has 3 fully saturated rings. The monoisotopic (exact) mass is 413 g/mol. The molecule has 154 valence electrons. The fourth-order valence-corrected chi connectivity index (χ4v) is 6.67. The lowest BCUT2D eigenvalue weighted by atomic mass is 9.70. The Morgan fingerprint density at radius 2 is 2.14 bits per heavy atom. The summed E-state index contributed by atoms with van der Waals surface area (Å²) in [6.45, 7) is 5.11. The molecule has 0 N–H and O–H groups in total. The van der Waals surface area contributed by atoms with Crippen LogP contribution in [-0.4, -0.2) is 45.9 Å². The molecule has 0 aliphatic carbocycles. The zero-order valence-corrected chi connectivity index (χ0v) is 17.7. The van der Waals surface area contributed by atoms with E-state index in [0.717, 1.165) is 50.2 Å². The largest absolute Gasteiger partial charge is 0.336 e. The van der Waals surface area contributed by atoms with Crippen molar-refractivity contribution >= 4 is 17.2 Å². The van der Waals surface area contributed by atoms with Gasteiger partial charge in [-0.3, -0.25) is 9.69 Å². The molecule has 3 aliphatic rings. The number of piperidine rings is 3. The molecule has 2 bridgehead atoms. The third-order valence-corrected chi connectivity index (χ3v) is 8.04. The Kier molecular flexibility index (Phi) is 5.16. The van der Waals surface area contributed by atoms with E-state index in [9.17, 15) is 9.18 Å². The van der Waals surface area contributed by atoms with Gasteiger partial charge in [0.15, 0.2) is 0 Å². The summed E-state index contributed by atoms with van der Waals surface area (Å²) in [5, 5.41) is 0. The van der Waals surface area contributed by atoms with Gasteiger partial charge in [-0.25, -0.2) is 9.37 Å². The van der Waals surface area contributed by atoms with Crippen LogP contribution in [0.2, 0.25) is 0 Å². The SMILES string of the molecule is Cc1ncsc1CN1C[C@H]2C[C@@H](C1)[C@H](Cc1cccc(F)c1)N1C(=O)CCC[C@@H]21. The van der Waals surface area contributed by atoms with Gasteiger partial charge >= 0.3 is 0 Å². The number of amides is 1. The Bertz CT molecular complexity index is 900. The lowest BCUT2D eigenvalue weighted by molar-refractivity contribution is -0.152. The Labute approximate surface area is 175 Å². The fourth-order valence-electron chi connectivity index (χ4n) is 5.85. The Balaban J connectivity index is 1.42. The minimum Gasteiger partial charge on any atom is -0.336 e. The highest BCUT2D eigenvalue weighted by atomic mass is 32.1. The van der Waals surface area contributed by atoms with Crippen LogP contribution in [0.25, 0.3) is 0 Å². The molecule has 4 atom stereocenters. The van der Waals surface area contributed by atoms with Gasteiger partial charge in [-0.2, -0.15) is 0 Å². The normalized spacial score (nSPS) is 29.7. The van der Waals surface area contributed by atoms with E-state index in [0.29, 0.717) is 30.2 Å². The number of rotatable bonds is 4. The average molecular weight is 414 g/mol. The van der Waals surface area contributed by atoms with Crippen LogP contribution in [0.5, 0.6) is 0 Å². The van der Waals surface area contributed by atoms with Crippen LogP contribution in [0.3, 0.4) is 0 Å². The summed E-state index contributed by atoms with van der Waals surface area (Å²) < 4.78 is 13.8. The second-order valence-electron chi connectivity index (χ2n) is 8.97. The number of hydrogen-bond donors (Lipinski definition) is 0. The van der Waals surface area contributed by atoms with Crippen molar-refractivity contribution in [3.8, 4) is 0 Å². The lowest BCUT2D eigenvalue weighted by Gasteiger charge is -2.56. The first-order valence-corrected chi connectivity index (χ1v) is 11.6. The summed E-state index contributed by atoms with van der Waals surface area (Å²) in [5.41, 5.74) is 4.07. The molecule has 1 aromatic carbocycles. The summed E-state index contributed by atoms with van der Waals surface area (Å²) in [6.07, 6.45) is 4.72. The molecule has 3 aliphatic heterocycles. The molecule has 0 saturated carbocycles. The Morgan fingerprint density at radius 3 is 2.93 bits per heavy atom. The number of likely N-dealkylation sites (tertiary alicyclic amines) is 1.